The lowest BCUT2D eigenvalue weighted by Crippen LogP contribution is -2.54. The smallest absolute Gasteiger partial charge is 0.338 e. The second-order valence-electron chi connectivity index (χ2n) is 12.1. The number of alkyl halides is 3. The minimum Gasteiger partial charge on any atom is -0.480 e. The highest BCUT2D eigenvalue weighted by Crippen LogP contribution is 2.47. The van der Waals surface area contributed by atoms with E-state index in [9.17, 15) is 19.1 Å². The van der Waals surface area contributed by atoms with Gasteiger partial charge in [0.25, 0.3) is 5.92 Å². The number of carbonyl (C=O) groups is 2. The number of aromatic nitrogens is 1. The maximum Gasteiger partial charge on any atom is 0.338 e. The maximum absolute atomic E-state index is 15.8. The molecule has 0 bridgehead atoms. The van der Waals surface area contributed by atoms with Crippen LogP contribution in [-0.2, 0) is 14.3 Å². The van der Waals surface area contributed by atoms with Crippen LogP contribution in [0, 0.1) is 18.7 Å². The van der Waals surface area contributed by atoms with Crippen molar-refractivity contribution in [2.24, 2.45) is 10.9 Å². The molecule has 242 valence electrons. The summed E-state index contributed by atoms with van der Waals surface area (Å²) in [5.41, 5.74) is 1.38. The van der Waals surface area contributed by atoms with Crippen molar-refractivity contribution in [2.75, 3.05) is 26.2 Å². The largest absolute Gasteiger partial charge is 0.480 e. The Morgan fingerprint density at radius 2 is 2.09 bits per heavy atom. The number of nitrogens with zero attached hydrogens (tertiary/aromatic N) is 4. The molecule has 0 radical (unpaired) electrons. The van der Waals surface area contributed by atoms with Crippen molar-refractivity contribution in [1.82, 2.24) is 20.1 Å². The summed E-state index contributed by atoms with van der Waals surface area (Å²) in [5, 5.41) is 14.8. The summed E-state index contributed by atoms with van der Waals surface area (Å²) < 4.78 is 51.4. The minimum atomic E-state index is -2.98. The van der Waals surface area contributed by atoms with Gasteiger partial charge in [0.05, 0.1) is 24.8 Å². The molecule has 45 heavy (non-hydrogen) atoms. The number of esters is 1. The Morgan fingerprint density at radius 3 is 2.78 bits per heavy atom. The number of carboxylic acid groups (broad SMARTS) is 1. The fourth-order valence-electron chi connectivity index (χ4n) is 7.29. The summed E-state index contributed by atoms with van der Waals surface area (Å²) in [6.07, 6.45) is 4.15. The molecule has 3 fully saturated rings. The number of nitrogens with one attached hydrogen (secondary N) is 1. The molecular formula is C31H35F3IN5O4S. The summed E-state index contributed by atoms with van der Waals surface area (Å²) in [7, 11) is 0. The monoisotopic (exact) mass is 757 g/mol. The first-order valence-corrected chi connectivity index (χ1v) is 17.2. The number of aliphatic carboxylic acids is 1. The lowest BCUT2D eigenvalue weighted by molar-refractivity contribution is -0.139. The molecule has 4 aliphatic rings. The van der Waals surface area contributed by atoms with Gasteiger partial charge in [0.15, 0.2) is 10.8 Å². The van der Waals surface area contributed by atoms with E-state index >= 15 is 8.78 Å². The van der Waals surface area contributed by atoms with E-state index < -0.39 is 52.3 Å². The molecule has 1 aromatic heterocycles. The molecule has 1 aromatic carbocycles. The summed E-state index contributed by atoms with van der Waals surface area (Å²) in [6.45, 7) is 3.49. The number of aliphatic imine (C=N–C) groups is 1. The number of benzene rings is 1. The Bertz CT molecular complexity index is 1520. The van der Waals surface area contributed by atoms with Crippen LogP contribution < -0.4 is 5.32 Å². The molecule has 0 unspecified atom stereocenters. The molecule has 9 nitrogen and oxygen atoms in total. The number of halogens is 4. The molecule has 1 saturated carbocycles. The predicted octanol–water partition coefficient (Wildman–Crippen LogP) is 4.95. The number of likely N-dealkylation sites (tertiary alicyclic amines) is 2. The quantitative estimate of drug-likeness (QED) is 0.200. The van der Waals surface area contributed by atoms with Crippen LogP contribution in [0.25, 0.3) is 0 Å². The third-order valence-corrected chi connectivity index (χ3v) is 11.3. The normalized spacial score (nSPS) is 28.7. The summed E-state index contributed by atoms with van der Waals surface area (Å²) in [5.74, 6) is -4.31. The van der Waals surface area contributed by atoms with Gasteiger partial charge in [-0.2, -0.15) is 0 Å². The third-order valence-electron chi connectivity index (χ3n) is 9.43. The van der Waals surface area contributed by atoms with Crippen molar-refractivity contribution in [1.29, 1.82) is 0 Å². The Labute approximate surface area is 277 Å². The Morgan fingerprint density at radius 1 is 1.31 bits per heavy atom. The molecule has 14 heteroatoms. The fraction of sp³-hybridized carbons (Fsp3) is 0.548. The average Bonchev–Trinajstić information content (AvgIpc) is 3.71. The van der Waals surface area contributed by atoms with Gasteiger partial charge in [-0.25, -0.2) is 22.9 Å². The van der Waals surface area contributed by atoms with Crippen molar-refractivity contribution in [3.63, 3.8) is 0 Å². The standard InChI is InChI=1S/C31H35F3IN5O4S/c1-3-44-30(43)24-22(37-27(28-36-8-10-45-28)38-25(24)19-5-4-6-20(32)16(19)2)14-39-15-31(33,34)26-23(39)7-9-40(26)18-11-17(12-18)13-21(35)29(41)42/h4-6,8,10,17-18,21,23,25-26H,3,7,9,11-15H2,1-2H3,(H,37,38)(H,41,42)/t17-,18+,21-,23+,25+,26-/m1/s1. The summed E-state index contributed by atoms with van der Waals surface area (Å²) >= 11 is 3.27. The topological polar surface area (TPSA) is 107 Å². The van der Waals surface area contributed by atoms with Gasteiger partial charge in [-0.1, -0.05) is 34.7 Å². The molecule has 4 atom stereocenters. The fourth-order valence-corrected chi connectivity index (χ4v) is 8.60. The Balaban J connectivity index is 1.30. The predicted molar refractivity (Wildman–Crippen MR) is 171 cm³/mol. The van der Waals surface area contributed by atoms with Gasteiger partial charge < -0.3 is 15.2 Å². The van der Waals surface area contributed by atoms with Crippen LogP contribution >= 0.6 is 33.9 Å². The van der Waals surface area contributed by atoms with Gasteiger partial charge in [0, 0.05) is 42.4 Å². The van der Waals surface area contributed by atoms with Gasteiger partial charge in [-0.3, -0.25) is 19.6 Å². The van der Waals surface area contributed by atoms with Gasteiger partial charge >= 0.3 is 11.9 Å². The van der Waals surface area contributed by atoms with Crippen LogP contribution in [0.15, 0.2) is 46.0 Å². The zero-order chi connectivity index (χ0) is 32.0. The molecule has 2 aromatic rings. The number of rotatable bonds is 10. The van der Waals surface area contributed by atoms with Gasteiger partial charge in [-0.15, -0.1) is 11.3 Å². The van der Waals surface area contributed by atoms with E-state index in [1.54, 1.807) is 42.5 Å². The van der Waals surface area contributed by atoms with Crippen LogP contribution in [0.1, 0.15) is 54.8 Å². The molecule has 3 aliphatic heterocycles. The second-order valence-corrected chi connectivity index (χ2v) is 14.5. The first kappa shape index (κ1) is 32.4. The second kappa shape index (κ2) is 12.9. The summed E-state index contributed by atoms with van der Waals surface area (Å²) in [4.78, 5) is 37.7. The molecule has 0 amide bonds. The van der Waals surface area contributed by atoms with Crippen molar-refractivity contribution < 1.29 is 32.6 Å². The van der Waals surface area contributed by atoms with Gasteiger partial charge in [0.1, 0.15) is 15.8 Å². The molecule has 2 saturated heterocycles. The number of carbonyl (C=O) groups excluding carboxylic acids is 1. The zero-order valence-electron chi connectivity index (χ0n) is 24.9. The van der Waals surface area contributed by atoms with E-state index in [0.29, 0.717) is 59.9 Å². The van der Waals surface area contributed by atoms with Crippen LogP contribution in [0.4, 0.5) is 13.2 Å². The van der Waals surface area contributed by atoms with Gasteiger partial charge in [0.2, 0.25) is 0 Å². The van der Waals surface area contributed by atoms with Crippen LogP contribution in [0.2, 0.25) is 0 Å². The third kappa shape index (κ3) is 6.26. The molecule has 1 aliphatic carbocycles. The summed E-state index contributed by atoms with van der Waals surface area (Å²) in [6, 6.07) is 2.28. The van der Waals surface area contributed by atoms with E-state index in [4.69, 9.17) is 9.73 Å². The van der Waals surface area contributed by atoms with Crippen molar-refractivity contribution in [3.05, 3.63) is 63.0 Å². The number of fused-ring (bicyclic) bond motifs is 1. The zero-order valence-corrected chi connectivity index (χ0v) is 27.9. The lowest BCUT2D eigenvalue weighted by Gasteiger charge is -2.45. The van der Waals surface area contributed by atoms with E-state index in [1.165, 1.54) is 17.4 Å². The van der Waals surface area contributed by atoms with E-state index in [1.807, 2.05) is 27.5 Å². The molecule has 4 heterocycles. The van der Waals surface area contributed by atoms with E-state index in [-0.39, 0.29) is 30.7 Å². The molecule has 6 rings (SSSR count). The number of ether oxygens (including phenoxy) is 1. The maximum atomic E-state index is 15.8. The number of thiazole rings is 1. The van der Waals surface area contributed by atoms with Gasteiger partial charge in [-0.05, 0) is 62.6 Å². The minimum absolute atomic E-state index is 0.000643. The lowest BCUT2D eigenvalue weighted by atomic mass is 9.76. The SMILES string of the molecule is CCOC(=O)C1=C(CN2CC(F)(F)[C@H]3[C@@H]2CCN3[C@H]2C[C@@H](C[C@@H](I)C(=O)O)C2)NC(c2nccs2)=N[C@H]1c1cccc(F)c1C. The Kier molecular flexibility index (Phi) is 9.29. The van der Waals surface area contributed by atoms with Crippen LogP contribution in [0.3, 0.4) is 0 Å². The molecule has 2 N–H and O–H groups in total. The number of hydrogen-bond acceptors (Lipinski definition) is 9. The Hall–Kier alpha value is -2.56. The first-order chi connectivity index (χ1) is 21.5. The highest BCUT2D eigenvalue weighted by Gasteiger charge is 2.61. The molecular weight excluding hydrogens is 722 g/mol. The highest BCUT2D eigenvalue weighted by molar-refractivity contribution is 14.1. The number of hydrogen-bond donors (Lipinski definition) is 2. The van der Waals surface area contributed by atoms with Crippen molar-refractivity contribution in [3.8, 4) is 0 Å². The van der Waals surface area contributed by atoms with E-state index in [0.717, 1.165) is 0 Å². The van der Waals surface area contributed by atoms with Crippen molar-refractivity contribution >= 4 is 51.7 Å². The highest BCUT2D eigenvalue weighted by atomic mass is 127. The van der Waals surface area contributed by atoms with Crippen molar-refractivity contribution in [2.45, 2.75) is 73.5 Å². The first-order valence-electron chi connectivity index (χ1n) is 15.1. The van der Waals surface area contributed by atoms with E-state index in [2.05, 4.69) is 10.3 Å². The van der Waals surface area contributed by atoms with Crippen LogP contribution in [-0.4, -0.2) is 91.9 Å². The van der Waals surface area contributed by atoms with Crippen LogP contribution in [0.5, 0.6) is 0 Å². The number of amidine groups is 1. The number of carboxylic acids is 1. The average molecular weight is 758 g/mol. The molecule has 0 spiro atoms.